The molecule has 0 rings (SSSR count). The van der Waals surface area contributed by atoms with E-state index < -0.39 is 0 Å². The van der Waals surface area contributed by atoms with Gasteiger partial charge in [-0.15, -0.1) is 0 Å². The lowest BCUT2D eigenvalue weighted by Crippen LogP contribution is -2.44. The van der Waals surface area contributed by atoms with E-state index in [0.717, 1.165) is 0 Å². The molecule has 0 aromatic carbocycles. The average molecular weight is 271 g/mol. The standard InChI is InChI=1S/C7H14INO2/c1-5-9(6(10)11-8)7(2,3)4/h5H2,1-4H3. The summed E-state index contributed by atoms with van der Waals surface area (Å²) in [5.74, 6) is 0. The normalized spacial score (nSPS) is 11.0. The predicted molar refractivity (Wildman–Crippen MR) is 52.6 cm³/mol. The van der Waals surface area contributed by atoms with Gasteiger partial charge in [0.2, 0.25) is 0 Å². The Morgan fingerprint density at radius 2 is 2.00 bits per heavy atom. The molecule has 0 N–H and O–H groups in total. The van der Waals surface area contributed by atoms with Crippen LogP contribution in [0.2, 0.25) is 0 Å². The monoisotopic (exact) mass is 271 g/mol. The summed E-state index contributed by atoms with van der Waals surface area (Å²) in [7, 11) is 0. The Morgan fingerprint density at radius 3 is 2.09 bits per heavy atom. The van der Waals surface area contributed by atoms with Gasteiger partial charge >= 0.3 is 6.09 Å². The topological polar surface area (TPSA) is 29.5 Å². The highest BCUT2D eigenvalue weighted by atomic mass is 127. The molecule has 0 bridgehead atoms. The molecule has 0 aromatic heterocycles. The summed E-state index contributed by atoms with van der Waals surface area (Å²) >= 11 is 1.60. The summed E-state index contributed by atoms with van der Waals surface area (Å²) in [5.41, 5.74) is -0.156. The van der Waals surface area contributed by atoms with Crippen LogP contribution in [0, 0.1) is 0 Å². The van der Waals surface area contributed by atoms with Crippen molar-refractivity contribution in [2.24, 2.45) is 0 Å². The van der Waals surface area contributed by atoms with Crippen molar-refractivity contribution in [1.82, 2.24) is 4.90 Å². The highest BCUT2D eigenvalue weighted by Gasteiger charge is 2.25. The van der Waals surface area contributed by atoms with E-state index in [1.807, 2.05) is 27.7 Å². The predicted octanol–water partition coefficient (Wildman–Crippen LogP) is 2.59. The van der Waals surface area contributed by atoms with E-state index in [4.69, 9.17) is 0 Å². The first kappa shape index (κ1) is 11.0. The quantitative estimate of drug-likeness (QED) is 0.686. The summed E-state index contributed by atoms with van der Waals surface area (Å²) in [5, 5.41) is 0. The van der Waals surface area contributed by atoms with Crippen LogP contribution in [0.15, 0.2) is 0 Å². The molecule has 0 fully saturated rings. The number of hydrogen-bond donors (Lipinski definition) is 0. The molecule has 0 aliphatic rings. The number of halogens is 1. The number of rotatable bonds is 1. The number of carbonyl (C=O) groups is 1. The van der Waals surface area contributed by atoms with Gasteiger partial charge in [-0.2, -0.15) is 0 Å². The molecule has 0 aliphatic carbocycles. The molecule has 4 heteroatoms. The van der Waals surface area contributed by atoms with Crippen LogP contribution in [0.25, 0.3) is 0 Å². The van der Waals surface area contributed by atoms with Crippen molar-refractivity contribution in [3.63, 3.8) is 0 Å². The third kappa shape index (κ3) is 3.27. The summed E-state index contributed by atoms with van der Waals surface area (Å²) in [6.45, 7) is 8.53. The zero-order valence-corrected chi connectivity index (χ0v) is 9.51. The summed E-state index contributed by atoms with van der Waals surface area (Å²) in [6.07, 6.45) is -0.277. The third-order valence-corrected chi connectivity index (χ3v) is 1.79. The van der Waals surface area contributed by atoms with Gasteiger partial charge in [-0.05, 0) is 27.7 Å². The molecule has 0 saturated carbocycles. The molecule has 66 valence electrons. The molecule has 1 amide bonds. The lowest BCUT2D eigenvalue weighted by molar-refractivity contribution is 0.123. The molecular formula is C7H14INO2. The van der Waals surface area contributed by atoms with Crippen LogP contribution in [0.3, 0.4) is 0 Å². The van der Waals surface area contributed by atoms with E-state index in [-0.39, 0.29) is 11.6 Å². The van der Waals surface area contributed by atoms with Gasteiger partial charge in [-0.1, -0.05) is 0 Å². The Morgan fingerprint density at radius 1 is 1.55 bits per heavy atom. The Balaban J connectivity index is 4.29. The van der Waals surface area contributed by atoms with Gasteiger partial charge in [0.25, 0.3) is 0 Å². The van der Waals surface area contributed by atoms with E-state index in [9.17, 15) is 4.79 Å². The van der Waals surface area contributed by atoms with Gasteiger partial charge in [-0.3, -0.25) is 0 Å². The van der Waals surface area contributed by atoms with E-state index in [2.05, 4.69) is 3.07 Å². The van der Waals surface area contributed by atoms with Crippen molar-refractivity contribution < 1.29 is 7.86 Å². The summed E-state index contributed by atoms with van der Waals surface area (Å²) < 4.78 is 4.59. The largest absolute Gasteiger partial charge is 0.419 e. The van der Waals surface area contributed by atoms with E-state index in [0.29, 0.717) is 6.54 Å². The fraction of sp³-hybridized carbons (Fsp3) is 0.857. The molecule has 11 heavy (non-hydrogen) atoms. The van der Waals surface area contributed by atoms with Crippen molar-refractivity contribution in [1.29, 1.82) is 0 Å². The van der Waals surface area contributed by atoms with E-state index in [1.54, 1.807) is 27.9 Å². The minimum atomic E-state index is -0.277. The second-order valence-corrected chi connectivity index (χ2v) is 3.70. The van der Waals surface area contributed by atoms with Crippen molar-refractivity contribution in [2.45, 2.75) is 33.2 Å². The second kappa shape index (κ2) is 4.13. The maximum absolute atomic E-state index is 11.1. The van der Waals surface area contributed by atoms with Gasteiger partial charge in [-0.25, -0.2) is 4.79 Å². The molecule has 0 radical (unpaired) electrons. The zero-order valence-electron chi connectivity index (χ0n) is 7.35. The second-order valence-electron chi connectivity index (χ2n) is 3.26. The van der Waals surface area contributed by atoms with Crippen molar-refractivity contribution in [3.05, 3.63) is 0 Å². The molecule has 0 saturated heterocycles. The zero-order chi connectivity index (χ0) is 9.07. The number of hydrogen-bond acceptors (Lipinski definition) is 2. The van der Waals surface area contributed by atoms with Crippen LogP contribution in [0.5, 0.6) is 0 Å². The van der Waals surface area contributed by atoms with Crippen molar-refractivity contribution in [2.75, 3.05) is 6.54 Å². The van der Waals surface area contributed by atoms with Crippen LogP contribution >= 0.6 is 23.0 Å². The van der Waals surface area contributed by atoms with Gasteiger partial charge in [0.1, 0.15) is 0 Å². The van der Waals surface area contributed by atoms with E-state index >= 15 is 0 Å². The molecule has 0 aromatic rings. The minimum absolute atomic E-state index is 0.156. The molecule has 0 atom stereocenters. The molecule has 0 unspecified atom stereocenters. The number of amides is 1. The van der Waals surface area contributed by atoms with Gasteiger partial charge < -0.3 is 7.97 Å². The van der Waals surface area contributed by atoms with Crippen LogP contribution in [0.1, 0.15) is 27.7 Å². The lowest BCUT2D eigenvalue weighted by atomic mass is 10.1. The summed E-state index contributed by atoms with van der Waals surface area (Å²) in [6, 6.07) is 0. The Bertz CT molecular complexity index is 142. The first-order valence-corrected chi connectivity index (χ1v) is 4.41. The third-order valence-electron chi connectivity index (χ3n) is 1.41. The fourth-order valence-corrected chi connectivity index (χ4v) is 1.16. The van der Waals surface area contributed by atoms with Crippen molar-refractivity contribution >= 4 is 29.1 Å². The smallest absolute Gasteiger partial charge is 0.378 e. The molecule has 3 nitrogen and oxygen atoms in total. The van der Waals surface area contributed by atoms with Crippen LogP contribution in [-0.2, 0) is 3.07 Å². The van der Waals surface area contributed by atoms with Crippen LogP contribution in [-0.4, -0.2) is 23.1 Å². The first-order valence-electron chi connectivity index (χ1n) is 3.53. The SMILES string of the molecule is CCN(C(=O)OI)C(C)(C)C. The molecule has 0 aliphatic heterocycles. The van der Waals surface area contributed by atoms with Crippen LogP contribution in [0.4, 0.5) is 4.79 Å². The van der Waals surface area contributed by atoms with Gasteiger partial charge in [0, 0.05) is 12.1 Å². The molecular weight excluding hydrogens is 257 g/mol. The Labute approximate surface area is 81.8 Å². The Kier molecular flexibility index (Phi) is 4.13. The fourth-order valence-electron chi connectivity index (χ4n) is 0.919. The average Bonchev–Trinajstić information content (AvgIpc) is 1.86. The minimum Gasteiger partial charge on any atom is -0.378 e. The van der Waals surface area contributed by atoms with Gasteiger partial charge in [0.05, 0.1) is 0 Å². The van der Waals surface area contributed by atoms with E-state index in [1.165, 1.54) is 0 Å². The maximum atomic E-state index is 11.1. The van der Waals surface area contributed by atoms with Crippen molar-refractivity contribution in [3.8, 4) is 0 Å². The first-order chi connectivity index (χ1) is 4.93. The molecule has 0 spiro atoms. The highest BCUT2D eigenvalue weighted by molar-refractivity contribution is 14.1. The molecule has 0 heterocycles. The lowest BCUT2D eigenvalue weighted by Gasteiger charge is -2.32. The Hall–Kier alpha value is 0. The van der Waals surface area contributed by atoms with Gasteiger partial charge in [0.15, 0.2) is 23.0 Å². The maximum Gasteiger partial charge on any atom is 0.419 e. The summed E-state index contributed by atoms with van der Waals surface area (Å²) in [4.78, 5) is 12.8. The van der Waals surface area contributed by atoms with Crippen LogP contribution < -0.4 is 0 Å². The number of nitrogens with zero attached hydrogens (tertiary/aromatic N) is 1. The number of carbonyl (C=O) groups excluding carboxylic acids is 1. The highest BCUT2D eigenvalue weighted by Crippen LogP contribution is 2.14.